The Morgan fingerprint density at radius 1 is 1.26 bits per heavy atom. The van der Waals surface area contributed by atoms with Gasteiger partial charge in [0.2, 0.25) is 0 Å². The van der Waals surface area contributed by atoms with Crippen LogP contribution in [0, 0.1) is 0 Å². The number of benzene rings is 1. The van der Waals surface area contributed by atoms with Crippen molar-refractivity contribution in [2.75, 3.05) is 18.8 Å². The van der Waals surface area contributed by atoms with Crippen molar-refractivity contribution in [3.8, 4) is 11.3 Å². The van der Waals surface area contributed by atoms with Gasteiger partial charge >= 0.3 is 6.09 Å². The molecule has 0 bridgehead atoms. The third-order valence-corrected chi connectivity index (χ3v) is 6.30. The molecule has 1 atom stereocenters. The largest absolute Gasteiger partial charge is 0.444 e. The Morgan fingerprint density at radius 3 is 2.79 bits per heavy atom. The van der Waals surface area contributed by atoms with Crippen molar-refractivity contribution in [3.05, 3.63) is 36.3 Å². The zero-order chi connectivity index (χ0) is 24.0. The van der Waals surface area contributed by atoms with Crippen molar-refractivity contribution in [3.63, 3.8) is 0 Å². The number of hydrogen-bond donors (Lipinski definition) is 2. The highest BCUT2D eigenvalue weighted by Gasteiger charge is 2.31. The second-order valence-corrected chi connectivity index (χ2v) is 9.88. The predicted octanol–water partition coefficient (Wildman–Crippen LogP) is 4.69. The molecule has 1 fully saturated rings. The van der Waals surface area contributed by atoms with E-state index in [0.717, 1.165) is 52.9 Å². The highest BCUT2D eigenvalue weighted by Crippen LogP contribution is 2.35. The van der Waals surface area contributed by atoms with Crippen molar-refractivity contribution in [1.29, 1.82) is 0 Å². The van der Waals surface area contributed by atoms with Crippen LogP contribution in [0.4, 0.5) is 10.6 Å². The van der Waals surface area contributed by atoms with E-state index in [1.807, 2.05) is 32.9 Å². The number of nitrogens with two attached hydrogens (primary N) is 1. The van der Waals surface area contributed by atoms with Crippen LogP contribution in [0.15, 0.2) is 30.5 Å². The lowest BCUT2D eigenvalue weighted by molar-refractivity contribution is 0.0195. The molecule has 9 nitrogen and oxygen atoms in total. The molecule has 1 aliphatic heterocycles. The molecule has 0 unspecified atom stereocenters. The number of amides is 1. The van der Waals surface area contributed by atoms with Crippen molar-refractivity contribution < 1.29 is 9.53 Å². The number of likely N-dealkylation sites (tertiary alicyclic amines) is 1. The second kappa shape index (κ2) is 8.30. The molecule has 3 N–H and O–H groups in total. The van der Waals surface area contributed by atoms with Gasteiger partial charge in [-0.2, -0.15) is 5.10 Å². The number of nitrogens with zero attached hydrogens (tertiary/aromatic N) is 5. The van der Waals surface area contributed by atoms with E-state index in [9.17, 15) is 4.79 Å². The molecule has 0 radical (unpaired) electrons. The number of fused-ring (bicyclic) bond motifs is 3. The topological polar surface area (TPSA) is 115 Å². The van der Waals surface area contributed by atoms with Crippen molar-refractivity contribution in [2.24, 2.45) is 0 Å². The molecule has 178 valence electrons. The number of anilines is 1. The third kappa shape index (κ3) is 3.95. The smallest absolute Gasteiger partial charge is 0.410 e. The number of carbonyl (C=O) groups excluding carboxylic acids is 1. The quantitative estimate of drug-likeness (QED) is 0.457. The first kappa shape index (κ1) is 22.2. The van der Waals surface area contributed by atoms with Gasteiger partial charge in [-0.15, -0.1) is 0 Å². The number of piperidine rings is 1. The summed E-state index contributed by atoms with van der Waals surface area (Å²) in [7, 11) is 0. The summed E-state index contributed by atoms with van der Waals surface area (Å²) in [5.41, 5.74) is 10.3. The highest BCUT2D eigenvalue weighted by atomic mass is 16.6. The van der Waals surface area contributed by atoms with Gasteiger partial charge in [0, 0.05) is 42.7 Å². The first-order valence-corrected chi connectivity index (χ1v) is 11.8. The van der Waals surface area contributed by atoms with Crippen LogP contribution in [-0.2, 0) is 11.3 Å². The zero-order valence-corrected chi connectivity index (χ0v) is 20.1. The van der Waals surface area contributed by atoms with Gasteiger partial charge in [-0.1, -0.05) is 6.07 Å². The van der Waals surface area contributed by atoms with Crippen LogP contribution in [0.5, 0.6) is 0 Å². The van der Waals surface area contributed by atoms with E-state index in [0.29, 0.717) is 24.4 Å². The van der Waals surface area contributed by atoms with E-state index in [4.69, 9.17) is 15.5 Å². The van der Waals surface area contributed by atoms with Crippen LogP contribution < -0.4 is 5.73 Å². The lowest BCUT2D eigenvalue weighted by Crippen LogP contribution is -2.42. The van der Waals surface area contributed by atoms with Crippen LogP contribution in [0.2, 0.25) is 0 Å². The zero-order valence-electron chi connectivity index (χ0n) is 20.1. The third-order valence-electron chi connectivity index (χ3n) is 6.30. The fourth-order valence-corrected chi connectivity index (χ4v) is 4.83. The molecule has 1 aliphatic rings. The van der Waals surface area contributed by atoms with Gasteiger partial charge in [-0.05, 0) is 58.7 Å². The van der Waals surface area contributed by atoms with Gasteiger partial charge in [-0.3, -0.25) is 5.10 Å². The Bertz CT molecular complexity index is 1350. The molecule has 3 aromatic heterocycles. The van der Waals surface area contributed by atoms with Crippen LogP contribution in [0.25, 0.3) is 33.2 Å². The standard InChI is InChI=1S/C25H31N7O2/c1-5-32-21-17-9-8-15(18-10-11-27-30-18)13-19(17)28-22(26)20(21)29-23(32)16-7-6-12-31(14-16)24(33)34-25(2,3)4/h8-11,13,16H,5-7,12,14H2,1-4H3,(H2,26,28)(H,27,30)/t16-/m0/s1. The number of H-pyrrole nitrogens is 1. The Kier molecular flexibility index (Phi) is 5.42. The van der Waals surface area contributed by atoms with E-state index < -0.39 is 5.60 Å². The summed E-state index contributed by atoms with van der Waals surface area (Å²) in [6, 6.07) is 8.09. The fraction of sp³-hybridized carbons (Fsp3) is 0.440. The van der Waals surface area contributed by atoms with Gasteiger partial charge in [0.25, 0.3) is 0 Å². The van der Waals surface area contributed by atoms with Crippen molar-refractivity contribution in [1.82, 2.24) is 29.6 Å². The SMILES string of the molecule is CCn1c([C@H]2CCCN(C(=O)OC(C)(C)C)C2)nc2c(N)nc3cc(-c4ccn[nH]4)ccc3c21. The maximum absolute atomic E-state index is 12.7. The summed E-state index contributed by atoms with van der Waals surface area (Å²) in [6.45, 7) is 9.80. The summed E-state index contributed by atoms with van der Waals surface area (Å²) >= 11 is 0. The fourth-order valence-electron chi connectivity index (χ4n) is 4.83. The van der Waals surface area contributed by atoms with Gasteiger partial charge in [0.05, 0.1) is 16.7 Å². The highest BCUT2D eigenvalue weighted by molar-refractivity contribution is 6.07. The summed E-state index contributed by atoms with van der Waals surface area (Å²) in [4.78, 5) is 24.2. The summed E-state index contributed by atoms with van der Waals surface area (Å²) in [5, 5.41) is 8.05. The lowest BCUT2D eigenvalue weighted by Gasteiger charge is -2.34. The normalized spacial score (nSPS) is 16.9. The molecule has 34 heavy (non-hydrogen) atoms. The molecule has 9 heteroatoms. The van der Waals surface area contributed by atoms with Gasteiger partial charge in [-0.25, -0.2) is 14.8 Å². The molecular weight excluding hydrogens is 430 g/mol. The number of aryl methyl sites for hydroxylation is 1. The molecule has 0 saturated carbocycles. The molecule has 4 heterocycles. The van der Waals surface area contributed by atoms with Crippen LogP contribution in [0.3, 0.4) is 0 Å². The number of aromatic nitrogens is 5. The van der Waals surface area contributed by atoms with Crippen LogP contribution in [0.1, 0.15) is 52.3 Å². The molecule has 0 aliphatic carbocycles. The lowest BCUT2D eigenvalue weighted by atomic mass is 9.97. The number of hydrogen-bond acceptors (Lipinski definition) is 6. The van der Waals surface area contributed by atoms with E-state index in [1.54, 1.807) is 11.1 Å². The number of carbonyl (C=O) groups is 1. The average Bonchev–Trinajstić information content (AvgIpc) is 3.46. The minimum absolute atomic E-state index is 0.104. The maximum atomic E-state index is 12.7. The number of rotatable bonds is 3. The van der Waals surface area contributed by atoms with E-state index in [1.165, 1.54) is 0 Å². The summed E-state index contributed by atoms with van der Waals surface area (Å²) < 4.78 is 7.85. The van der Waals surface area contributed by atoms with Gasteiger partial charge in [0.1, 0.15) is 16.9 Å². The number of nitrogens with one attached hydrogen (secondary N) is 1. The molecule has 5 rings (SSSR count). The van der Waals surface area contributed by atoms with Crippen LogP contribution >= 0.6 is 0 Å². The Balaban J connectivity index is 1.56. The Morgan fingerprint density at radius 2 is 2.09 bits per heavy atom. The minimum Gasteiger partial charge on any atom is -0.444 e. The average molecular weight is 462 g/mol. The summed E-state index contributed by atoms with van der Waals surface area (Å²) in [6.07, 6.45) is 3.32. The van der Waals surface area contributed by atoms with Gasteiger partial charge in [0.15, 0.2) is 5.82 Å². The minimum atomic E-state index is -0.519. The maximum Gasteiger partial charge on any atom is 0.410 e. The molecule has 1 aromatic carbocycles. The number of imidazole rings is 1. The van der Waals surface area contributed by atoms with Gasteiger partial charge < -0.3 is 19.9 Å². The molecule has 1 amide bonds. The Labute approximate surface area is 198 Å². The molecular formula is C25H31N7O2. The monoisotopic (exact) mass is 461 g/mol. The second-order valence-electron chi connectivity index (χ2n) is 9.88. The summed E-state index contributed by atoms with van der Waals surface area (Å²) in [5.74, 6) is 1.47. The molecule has 1 saturated heterocycles. The first-order chi connectivity index (χ1) is 16.2. The van der Waals surface area contributed by atoms with Crippen LogP contribution in [-0.4, -0.2) is 54.4 Å². The number of ether oxygens (including phenoxy) is 1. The Hall–Kier alpha value is -3.62. The van der Waals surface area contributed by atoms with E-state index in [-0.39, 0.29) is 12.0 Å². The van der Waals surface area contributed by atoms with Crippen molar-refractivity contribution >= 4 is 33.8 Å². The molecule has 4 aromatic rings. The number of aromatic amines is 1. The van der Waals surface area contributed by atoms with E-state index >= 15 is 0 Å². The van der Waals surface area contributed by atoms with E-state index in [2.05, 4.69) is 38.8 Å². The predicted molar refractivity (Wildman–Crippen MR) is 132 cm³/mol. The number of nitrogen functional groups attached to an aromatic ring is 1. The number of pyridine rings is 1. The van der Waals surface area contributed by atoms with Crippen molar-refractivity contribution in [2.45, 2.75) is 58.6 Å². The molecule has 0 spiro atoms. The first-order valence-electron chi connectivity index (χ1n) is 11.8.